The van der Waals surface area contributed by atoms with E-state index < -0.39 is 5.41 Å². The fourth-order valence-corrected chi connectivity index (χ4v) is 7.23. The third-order valence-electron chi connectivity index (χ3n) is 9.17. The summed E-state index contributed by atoms with van der Waals surface area (Å²) in [6, 6.07) is 53.6. The fraction of sp³-hybridized carbons (Fsp3) is 0.0238. The Labute approximate surface area is 262 Å². The maximum absolute atomic E-state index is 5.08. The van der Waals surface area contributed by atoms with Gasteiger partial charge in [0.2, 0.25) is 0 Å². The second-order valence-electron chi connectivity index (χ2n) is 11.6. The normalized spacial score (nSPS) is 13.4. The third kappa shape index (κ3) is 3.87. The van der Waals surface area contributed by atoms with Crippen LogP contribution in [0, 0.1) is 0 Å². The van der Waals surface area contributed by atoms with Crippen LogP contribution in [0.1, 0.15) is 33.4 Å². The molecule has 0 fully saturated rings. The summed E-state index contributed by atoms with van der Waals surface area (Å²) in [6.45, 7) is 0. The van der Waals surface area contributed by atoms with Gasteiger partial charge in [0.25, 0.3) is 0 Å². The third-order valence-corrected chi connectivity index (χ3v) is 9.17. The monoisotopic (exact) mass is 573 g/mol. The summed E-state index contributed by atoms with van der Waals surface area (Å²) >= 11 is 0. The van der Waals surface area contributed by atoms with Crippen LogP contribution in [0.5, 0.6) is 0 Å². The van der Waals surface area contributed by atoms with Crippen LogP contribution in [0.15, 0.2) is 152 Å². The van der Waals surface area contributed by atoms with E-state index in [9.17, 15) is 0 Å². The number of fused-ring (bicyclic) bond motifs is 9. The average Bonchev–Trinajstić information content (AvgIpc) is 3.32. The molecule has 0 aliphatic heterocycles. The van der Waals surface area contributed by atoms with Crippen molar-refractivity contribution >= 4 is 12.2 Å². The summed E-state index contributed by atoms with van der Waals surface area (Å²) in [5.74, 6) is 1.98. The molecule has 0 radical (unpaired) electrons. The quantitative estimate of drug-likeness (QED) is 0.211. The van der Waals surface area contributed by atoms with Gasteiger partial charge >= 0.3 is 0 Å². The molecule has 9 rings (SSSR count). The van der Waals surface area contributed by atoms with Crippen molar-refractivity contribution in [2.75, 3.05) is 0 Å². The highest BCUT2D eigenvalue weighted by Gasteiger charge is 2.48. The summed E-state index contributed by atoms with van der Waals surface area (Å²) in [6.07, 6.45) is 4.52. The number of nitrogens with zero attached hydrogens (tertiary/aromatic N) is 3. The van der Waals surface area contributed by atoms with Gasteiger partial charge in [-0.3, -0.25) is 0 Å². The van der Waals surface area contributed by atoms with Gasteiger partial charge < -0.3 is 0 Å². The Morgan fingerprint density at radius 2 is 0.778 bits per heavy atom. The standard InChI is InChI=1S/C42H27N3/c1-3-15-30(16-4-1)39-43-40(31-17-5-2-6-18-31)45-41(44-39)32-25-26-34-33-19-9-12-22-37(33)42(38(34)27-32)35-20-10-7-13-28(35)23-24-29-14-8-11-21-36(29)42/h1-27H. The van der Waals surface area contributed by atoms with Gasteiger partial charge in [0, 0.05) is 16.7 Å². The SMILES string of the molecule is C1=Cc2ccccc2C2(c3ccccc31)c1ccccc1-c1ccc(-c3nc(-c4ccccc4)nc(-c4ccccc4)n3)cc12. The average molecular weight is 574 g/mol. The van der Waals surface area contributed by atoms with E-state index in [-0.39, 0.29) is 0 Å². The van der Waals surface area contributed by atoms with E-state index in [1.54, 1.807) is 0 Å². The Bertz CT molecular complexity index is 2160. The number of hydrogen-bond acceptors (Lipinski definition) is 3. The van der Waals surface area contributed by atoms with Crippen LogP contribution in [-0.4, -0.2) is 15.0 Å². The number of rotatable bonds is 3. The molecule has 2 aliphatic carbocycles. The van der Waals surface area contributed by atoms with Crippen molar-refractivity contribution < 1.29 is 0 Å². The molecule has 210 valence electrons. The van der Waals surface area contributed by atoms with E-state index in [2.05, 4.69) is 127 Å². The largest absolute Gasteiger partial charge is 0.208 e. The topological polar surface area (TPSA) is 38.7 Å². The van der Waals surface area contributed by atoms with Crippen LogP contribution in [0.3, 0.4) is 0 Å². The van der Waals surface area contributed by atoms with Crippen LogP contribution >= 0.6 is 0 Å². The first-order valence-corrected chi connectivity index (χ1v) is 15.3. The molecule has 45 heavy (non-hydrogen) atoms. The minimum Gasteiger partial charge on any atom is -0.208 e. The van der Waals surface area contributed by atoms with E-state index in [4.69, 9.17) is 15.0 Å². The first-order valence-electron chi connectivity index (χ1n) is 15.3. The highest BCUT2D eigenvalue weighted by atomic mass is 15.0. The molecule has 3 heteroatoms. The fourth-order valence-electron chi connectivity index (χ4n) is 7.23. The van der Waals surface area contributed by atoms with Gasteiger partial charge in [-0.15, -0.1) is 0 Å². The minimum absolute atomic E-state index is 0.504. The Kier molecular flexibility index (Phi) is 5.72. The van der Waals surface area contributed by atoms with Gasteiger partial charge in [-0.05, 0) is 50.6 Å². The summed E-state index contributed by atoms with van der Waals surface area (Å²) in [4.78, 5) is 15.1. The van der Waals surface area contributed by atoms with E-state index in [0.717, 1.165) is 16.7 Å². The Hall–Kier alpha value is -5.93. The van der Waals surface area contributed by atoms with Crippen molar-refractivity contribution in [3.05, 3.63) is 185 Å². The van der Waals surface area contributed by atoms with Crippen LogP contribution in [0.2, 0.25) is 0 Å². The van der Waals surface area contributed by atoms with Crippen LogP contribution in [-0.2, 0) is 5.41 Å². The Morgan fingerprint density at radius 1 is 0.333 bits per heavy atom. The van der Waals surface area contributed by atoms with E-state index in [1.165, 1.54) is 44.5 Å². The van der Waals surface area contributed by atoms with Crippen molar-refractivity contribution in [1.29, 1.82) is 0 Å². The molecule has 0 atom stereocenters. The second-order valence-corrected chi connectivity index (χ2v) is 11.6. The zero-order chi connectivity index (χ0) is 29.8. The number of aromatic nitrogens is 3. The number of hydrogen-bond donors (Lipinski definition) is 0. The Balaban J connectivity index is 1.34. The molecule has 1 spiro atoms. The summed E-state index contributed by atoms with van der Waals surface area (Å²) in [5.41, 5.74) is 12.4. The van der Waals surface area contributed by atoms with Crippen molar-refractivity contribution in [3.63, 3.8) is 0 Å². The lowest BCUT2D eigenvalue weighted by atomic mass is 9.66. The van der Waals surface area contributed by atoms with Crippen molar-refractivity contribution in [3.8, 4) is 45.3 Å². The summed E-state index contributed by atoms with van der Waals surface area (Å²) < 4.78 is 0. The van der Waals surface area contributed by atoms with Crippen LogP contribution in [0.25, 0.3) is 57.4 Å². The highest BCUT2D eigenvalue weighted by Crippen LogP contribution is 2.58. The minimum atomic E-state index is -0.504. The highest BCUT2D eigenvalue weighted by molar-refractivity contribution is 5.92. The molecule has 0 saturated heterocycles. The van der Waals surface area contributed by atoms with E-state index >= 15 is 0 Å². The van der Waals surface area contributed by atoms with Crippen LogP contribution < -0.4 is 0 Å². The second kappa shape index (κ2) is 10.1. The first kappa shape index (κ1) is 25.6. The lowest BCUT2D eigenvalue weighted by Gasteiger charge is -2.35. The zero-order valence-electron chi connectivity index (χ0n) is 24.4. The van der Waals surface area contributed by atoms with Crippen LogP contribution in [0.4, 0.5) is 0 Å². The predicted octanol–water partition coefficient (Wildman–Crippen LogP) is 9.72. The lowest BCUT2D eigenvalue weighted by molar-refractivity contribution is 0.766. The van der Waals surface area contributed by atoms with Gasteiger partial charge in [0.1, 0.15) is 0 Å². The smallest absolute Gasteiger partial charge is 0.164 e. The molecule has 0 bridgehead atoms. The summed E-state index contributed by atoms with van der Waals surface area (Å²) in [5, 5.41) is 0. The lowest BCUT2D eigenvalue weighted by Crippen LogP contribution is -2.30. The molecule has 0 saturated carbocycles. The number of benzene rings is 6. The molecule has 1 aromatic heterocycles. The zero-order valence-corrected chi connectivity index (χ0v) is 24.4. The van der Waals surface area contributed by atoms with E-state index in [0.29, 0.717) is 17.5 Å². The molecule has 0 amide bonds. The van der Waals surface area contributed by atoms with Crippen molar-refractivity contribution in [2.45, 2.75) is 5.41 Å². The Morgan fingerprint density at radius 3 is 1.36 bits per heavy atom. The molecule has 2 aliphatic rings. The molecule has 7 aromatic rings. The van der Waals surface area contributed by atoms with Gasteiger partial charge in [-0.1, -0.05) is 158 Å². The molecular formula is C42H27N3. The van der Waals surface area contributed by atoms with Crippen molar-refractivity contribution in [1.82, 2.24) is 15.0 Å². The van der Waals surface area contributed by atoms with Crippen molar-refractivity contribution in [2.24, 2.45) is 0 Å². The first-order chi connectivity index (χ1) is 22.3. The predicted molar refractivity (Wildman–Crippen MR) is 182 cm³/mol. The summed E-state index contributed by atoms with van der Waals surface area (Å²) in [7, 11) is 0. The molecule has 6 aromatic carbocycles. The van der Waals surface area contributed by atoms with Gasteiger partial charge in [-0.2, -0.15) is 0 Å². The molecule has 0 N–H and O–H groups in total. The molecule has 0 unspecified atom stereocenters. The van der Waals surface area contributed by atoms with E-state index in [1.807, 2.05) is 36.4 Å². The molecule has 1 heterocycles. The van der Waals surface area contributed by atoms with Gasteiger partial charge in [0.15, 0.2) is 17.5 Å². The molecule has 3 nitrogen and oxygen atoms in total. The maximum Gasteiger partial charge on any atom is 0.164 e. The van der Waals surface area contributed by atoms with Gasteiger partial charge in [0.05, 0.1) is 5.41 Å². The van der Waals surface area contributed by atoms with Gasteiger partial charge in [-0.25, -0.2) is 15.0 Å². The maximum atomic E-state index is 5.08. The molecular weight excluding hydrogens is 546 g/mol.